The molecule has 0 bridgehead atoms. The van der Waals surface area contributed by atoms with E-state index in [4.69, 9.17) is 0 Å². The number of piperidine rings is 1. The van der Waals surface area contributed by atoms with Crippen molar-refractivity contribution in [1.29, 1.82) is 0 Å². The second kappa shape index (κ2) is 6.96. The Bertz CT molecular complexity index is 1170. The molecule has 10 heteroatoms. The van der Waals surface area contributed by atoms with E-state index in [-0.39, 0.29) is 6.04 Å². The molecule has 29 heavy (non-hydrogen) atoms. The third-order valence-corrected chi connectivity index (χ3v) is 5.36. The third kappa shape index (κ3) is 3.15. The predicted octanol–water partition coefficient (Wildman–Crippen LogP) is 2.16. The van der Waals surface area contributed by atoms with Gasteiger partial charge in [-0.3, -0.25) is 0 Å². The first-order valence-electron chi connectivity index (χ1n) is 9.59. The van der Waals surface area contributed by atoms with Gasteiger partial charge in [-0.15, -0.1) is 0 Å². The maximum atomic E-state index is 14.4. The van der Waals surface area contributed by atoms with E-state index < -0.39 is 6.17 Å². The number of hydrogen-bond donors (Lipinski definition) is 3. The maximum Gasteiger partial charge on any atom is 0.226 e. The minimum absolute atomic E-state index is 0.298. The molecule has 4 aromatic rings. The maximum absolute atomic E-state index is 14.4. The number of likely N-dealkylation sites (tertiary alicyclic amines) is 1. The van der Waals surface area contributed by atoms with Crippen molar-refractivity contribution in [2.75, 3.05) is 37.8 Å². The van der Waals surface area contributed by atoms with Gasteiger partial charge in [0.25, 0.3) is 0 Å². The summed E-state index contributed by atoms with van der Waals surface area (Å²) in [5, 5.41) is 11.8. The van der Waals surface area contributed by atoms with Gasteiger partial charge in [0.2, 0.25) is 5.95 Å². The number of alkyl halides is 1. The van der Waals surface area contributed by atoms with Gasteiger partial charge in [-0.25, -0.2) is 13.9 Å². The number of halogens is 1. The second-order valence-corrected chi connectivity index (χ2v) is 7.34. The normalized spacial score (nSPS) is 20.4. The molecule has 4 aromatic heterocycles. The van der Waals surface area contributed by atoms with Crippen LogP contribution in [0.15, 0.2) is 30.7 Å². The van der Waals surface area contributed by atoms with Crippen molar-refractivity contribution in [1.82, 2.24) is 34.4 Å². The van der Waals surface area contributed by atoms with E-state index in [2.05, 4.69) is 35.7 Å². The third-order valence-electron chi connectivity index (χ3n) is 5.36. The number of fused-ring (bicyclic) bond motifs is 2. The van der Waals surface area contributed by atoms with E-state index >= 15 is 0 Å². The highest BCUT2D eigenvalue weighted by molar-refractivity contribution is 6.00. The van der Waals surface area contributed by atoms with Gasteiger partial charge in [0.1, 0.15) is 17.6 Å². The molecule has 1 aliphatic heterocycles. The molecule has 0 spiro atoms. The van der Waals surface area contributed by atoms with Crippen LogP contribution < -0.4 is 10.6 Å². The summed E-state index contributed by atoms with van der Waals surface area (Å²) in [4.78, 5) is 18.6. The summed E-state index contributed by atoms with van der Waals surface area (Å²) in [6, 6.07) is 3.54. The first kappa shape index (κ1) is 17.8. The number of rotatable bonds is 4. The zero-order valence-corrected chi connectivity index (χ0v) is 16.2. The summed E-state index contributed by atoms with van der Waals surface area (Å²) in [6.07, 6.45) is 5.13. The number of nitrogens with zero attached hydrogens (tertiary/aromatic N) is 6. The first-order valence-corrected chi connectivity index (χ1v) is 9.59. The highest BCUT2D eigenvalue weighted by atomic mass is 19.1. The van der Waals surface area contributed by atoms with Crippen LogP contribution in [0.2, 0.25) is 0 Å². The minimum atomic E-state index is -0.962. The molecule has 9 nitrogen and oxygen atoms in total. The Morgan fingerprint density at radius 1 is 1.28 bits per heavy atom. The predicted molar refractivity (Wildman–Crippen MR) is 110 cm³/mol. The molecule has 0 amide bonds. The molecule has 0 saturated carbocycles. The standard InChI is InChI=1S/C19H22FN9/c1-21-17-16-11(13-3-4-15-22-6-8-29(15)27-13)9-23-18(16)26-19(25-17)24-14-5-7-28(2)10-12(14)20/h3-4,6,8-9,12,14H,5,7,10H2,1-2H3,(H3,21,23,24,25,26)/t12-,14+/m1/s1. The van der Waals surface area contributed by atoms with Gasteiger partial charge in [0.05, 0.1) is 17.1 Å². The zero-order valence-electron chi connectivity index (χ0n) is 16.2. The largest absolute Gasteiger partial charge is 0.372 e. The van der Waals surface area contributed by atoms with Gasteiger partial charge in [0.15, 0.2) is 5.65 Å². The summed E-state index contributed by atoms with van der Waals surface area (Å²) in [5.74, 6) is 1.06. The van der Waals surface area contributed by atoms with Crippen LogP contribution in [0, 0.1) is 0 Å². The van der Waals surface area contributed by atoms with Gasteiger partial charge in [-0.2, -0.15) is 15.1 Å². The minimum Gasteiger partial charge on any atom is -0.372 e. The smallest absolute Gasteiger partial charge is 0.226 e. The number of anilines is 2. The molecular weight excluding hydrogens is 373 g/mol. The number of hydrogen-bond acceptors (Lipinski definition) is 7. The molecular formula is C19H22FN9. The average Bonchev–Trinajstić information content (AvgIpc) is 3.35. The van der Waals surface area contributed by atoms with Gasteiger partial charge in [-0.05, 0) is 25.6 Å². The van der Waals surface area contributed by atoms with Crippen LogP contribution in [0.1, 0.15) is 6.42 Å². The van der Waals surface area contributed by atoms with Crippen molar-refractivity contribution in [2.24, 2.45) is 0 Å². The molecule has 5 rings (SSSR count). The lowest BCUT2D eigenvalue weighted by atomic mass is 10.0. The van der Waals surface area contributed by atoms with Crippen molar-refractivity contribution in [3.05, 3.63) is 30.7 Å². The number of aromatic nitrogens is 6. The average molecular weight is 395 g/mol. The van der Waals surface area contributed by atoms with Crippen molar-refractivity contribution in [2.45, 2.75) is 18.6 Å². The summed E-state index contributed by atoms with van der Waals surface area (Å²) >= 11 is 0. The summed E-state index contributed by atoms with van der Waals surface area (Å²) in [7, 11) is 3.74. The molecule has 5 heterocycles. The molecule has 2 atom stereocenters. The quantitative estimate of drug-likeness (QED) is 0.487. The van der Waals surface area contributed by atoms with Crippen LogP contribution >= 0.6 is 0 Å². The highest BCUT2D eigenvalue weighted by Gasteiger charge is 2.28. The molecule has 1 fully saturated rings. The van der Waals surface area contributed by atoms with Gasteiger partial charge >= 0.3 is 0 Å². The van der Waals surface area contributed by atoms with Crippen LogP contribution in [-0.2, 0) is 0 Å². The van der Waals surface area contributed by atoms with Gasteiger partial charge < -0.3 is 20.5 Å². The molecule has 0 unspecified atom stereocenters. The van der Waals surface area contributed by atoms with Crippen molar-refractivity contribution >= 4 is 28.4 Å². The first-order chi connectivity index (χ1) is 14.1. The number of aromatic amines is 1. The molecule has 3 N–H and O–H groups in total. The zero-order chi connectivity index (χ0) is 20.0. The van der Waals surface area contributed by atoms with Crippen molar-refractivity contribution in [3.63, 3.8) is 0 Å². The Hall–Kier alpha value is -3.27. The molecule has 1 aliphatic rings. The summed E-state index contributed by atoms with van der Waals surface area (Å²) < 4.78 is 16.1. The van der Waals surface area contributed by atoms with E-state index in [0.717, 1.165) is 28.8 Å². The molecule has 0 radical (unpaired) electrons. The van der Waals surface area contributed by atoms with Gasteiger partial charge in [0, 0.05) is 44.3 Å². The van der Waals surface area contributed by atoms with E-state index in [1.54, 1.807) is 16.9 Å². The van der Waals surface area contributed by atoms with E-state index in [1.165, 1.54) is 0 Å². The Morgan fingerprint density at radius 2 is 2.17 bits per heavy atom. The monoisotopic (exact) mass is 395 g/mol. The SMILES string of the molecule is CNc1nc(N[C@H]2CCN(C)C[C@H]2F)nc2[nH]cc(-c3ccc4nccn4n3)c12. The Kier molecular flexibility index (Phi) is 4.27. The van der Waals surface area contributed by atoms with E-state index in [1.807, 2.05) is 37.3 Å². The van der Waals surface area contributed by atoms with Gasteiger partial charge in [-0.1, -0.05) is 0 Å². The molecule has 0 aromatic carbocycles. The Morgan fingerprint density at radius 3 is 3.00 bits per heavy atom. The Balaban J connectivity index is 1.52. The Labute approximate surface area is 166 Å². The van der Waals surface area contributed by atoms with Crippen LogP contribution in [-0.4, -0.2) is 73.8 Å². The topological polar surface area (TPSA) is 99.1 Å². The molecule has 150 valence electrons. The van der Waals surface area contributed by atoms with Crippen molar-refractivity contribution in [3.8, 4) is 11.3 Å². The molecule has 1 saturated heterocycles. The number of imidazole rings is 1. The van der Waals surface area contributed by atoms with Crippen LogP contribution in [0.25, 0.3) is 27.9 Å². The molecule has 0 aliphatic carbocycles. The number of nitrogens with one attached hydrogen (secondary N) is 3. The summed E-state index contributed by atoms with van der Waals surface area (Å²) in [5.41, 5.74) is 3.11. The highest BCUT2D eigenvalue weighted by Crippen LogP contribution is 2.32. The van der Waals surface area contributed by atoms with E-state index in [9.17, 15) is 4.39 Å². The lowest BCUT2D eigenvalue weighted by Gasteiger charge is -2.32. The van der Waals surface area contributed by atoms with E-state index in [0.29, 0.717) is 30.4 Å². The lowest BCUT2D eigenvalue weighted by molar-refractivity contribution is 0.149. The second-order valence-electron chi connectivity index (χ2n) is 7.34. The fourth-order valence-corrected chi connectivity index (χ4v) is 3.82. The van der Waals surface area contributed by atoms with Crippen molar-refractivity contribution < 1.29 is 4.39 Å². The fraction of sp³-hybridized carbons (Fsp3) is 0.368. The lowest BCUT2D eigenvalue weighted by Crippen LogP contribution is -2.46. The van der Waals surface area contributed by atoms with Crippen LogP contribution in [0.4, 0.5) is 16.2 Å². The fourth-order valence-electron chi connectivity index (χ4n) is 3.82. The van der Waals surface area contributed by atoms with Crippen LogP contribution in [0.5, 0.6) is 0 Å². The summed E-state index contributed by atoms with van der Waals surface area (Å²) in [6.45, 7) is 1.25. The van der Waals surface area contributed by atoms with Crippen LogP contribution in [0.3, 0.4) is 0 Å². The number of H-pyrrole nitrogens is 1.